The fourth-order valence-corrected chi connectivity index (χ4v) is 5.32. The number of halogens is 1. The van der Waals surface area contributed by atoms with Crippen molar-refractivity contribution in [2.45, 2.75) is 43.5 Å². The van der Waals surface area contributed by atoms with Crippen molar-refractivity contribution in [1.82, 2.24) is 4.57 Å². The summed E-state index contributed by atoms with van der Waals surface area (Å²) in [4.78, 5) is 11.3. The van der Waals surface area contributed by atoms with E-state index in [0.29, 0.717) is 30.3 Å². The first kappa shape index (κ1) is 19.6. The third-order valence-electron chi connectivity index (χ3n) is 5.65. The van der Waals surface area contributed by atoms with E-state index in [9.17, 15) is 22.7 Å². The number of aromatic nitrogens is 1. The fourth-order valence-electron chi connectivity index (χ4n) is 4.42. The first-order valence-corrected chi connectivity index (χ1v) is 11.4. The highest BCUT2D eigenvalue weighted by Crippen LogP contribution is 2.44. The number of nitrogens with zero attached hydrogens (tertiary/aromatic N) is 1. The number of hydrogen-bond acceptors (Lipinski definition) is 3. The maximum Gasteiger partial charge on any atom is 0.304 e. The Bertz CT molecular complexity index is 1230. The summed E-state index contributed by atoms with van der Waals surface area (Å²) in [6.45, 7) is 2.39. The lowest BCUT2D eigenvalue weighted by Gasteiger charge is -2.17. The minimum Gasteiger partial charge on any atom is -0.481 e. The van der Waals surface area contributed by atoms with Gasteiger partial charge in [0.25, 0.3) is 0 Å². The number of hydrogen-bond donors (Lipinski definition) is 1. The zero-order chi connectivity index (χ0) is 20.9. The summed E-state index contributed by atoms with van der Waals surface area (Å²) < 4.78 is 41.1. The van der Waals surface area contributed by atoms with Crippen LogP contribution in [-0.4, -0.2) is 30.3 Å². The molecule has 1 N–H and O–H groups in total. The number of aliphatic carboxylic acids is 1. The minimum absolute atomic E-state index is 0.0338. The van der Waals surface area contributed by atoms with Gasteiger partial charge in [-0.15, -0.1) is 0 Å². The minimum atomic E-state index is -3.68. The van der Waals surface area contributed by atoms with Crippen molar-refractivity contribution in [3.63, 3.8) is 0 Å². The predicted molar refractivity (Wildman–Crippen MR) is 109 cm³/mol. The van der Waals surface area contributed by atoms with Gasteiger partial charge < -0.3 is 9.67 Å². The Hall–Kier alpha value is -2.67. The Balaban J connectivity index is 2.02. The molecule has 0 spiro atoms. The first-order valence-electron chi connectivity index (χ1n) is 9.47. The number of carboxylic acids is 1. The first-order chi connectivity index (χ1) is 13.6. The van der Waals surface area contributed by atoms with E-state index in [4.69, 9.17) is 0 Å². The zero-order valence-corrected chi connectivity index (χ0v) is 17.1. The number of carbonyl (C=O) groups is 1. The molecule has 1 aromatic heterocycles. The standard InChI is InChI=1S/C22H22FNO4S/c1-13-3-5-14(6-4-13)12-24-21-15(9-20(25)26)7-8-17(21)18-10-16(23)11-19(22(18)24)29(2,27)28/h3-6,10-11,15H,7-9,12H2,1-2H3,(H,25,26)/t15-/m1/s1. The van der Waals surface area contributed by atoms with E-state index < -0.39 is 21.6 Å². The summed E-state index contributed by atoms with van der Waals surface area (Å²) in [5.74, 6) is -1.73. The van der Waals surface area contributed by atoms with Gasteiger partial charge in [-0.25, -0.2) is 12.8 Å². The van der Waals surface area contributed by atoms with Gasteiger partial charge in [-0.2, -0.15) is 0 Å². The smallest absolute Gasteiger partial charge is 0.304 e. The summed E-state index contributed by atoms with van der Waals surface area (Å²) >= 11 is 0. The van der Waals surface area contributed by atoms with Gasteiger partial charge in [-0.05, 0) is 43.0 Å². The highest BCUT2D eigenvalue weighted by Gasteiger charge is 2.33. The van der Waals surface area contributed by atoms with Gasteiger partial charge in [0.2, 0.25) is 0 Å². The zero-order valence-electron chi connectivity index (χ0n) is 16.3. The van der Waals surface area contributed by atoms with Crippen LogP contribution >= 0.6 is 0 Å². The van der Waals surface area contributed by atoms with Crippen LogP contribution < -0.4 is 0 Å². The van der Waals surface area contributed by atoms with Gasteiger partial charge in [0.05, 0.1) is 16.8 Å². The molecule has 2 aromatic carbocycles. The Labute approximate surface area is 168 Å². The third kappa shape index (κ3) is 3.55. The number of carboxylic acid groups (broad SMARTS) is 1. The van der Waals surface area contributed by atoms with Gasteiger partial charge in [0, 0.05) is 29.8 Å². The average Bonchev–Trinajstić information content (AvgIpc) is 3.15. The molecule has 7 heteroatoms. The van der Waals surface area contributed by atoms with Crippen molar-refractivity contribution < 1.29 is 22.7 Å². The molecule has 3 aromatic rings. The molecule has 0 fully saturated rings. The van der Waals surface area contributed by atoms with Crippen LogP contribution in [0.2, 0.25) is 0 Å². The lowest BCUT2D eigenvalue weighted by Crippen LogP contribution is -2.12. The summed E-state index contributed by atoms with van der Waals surface area (Å²) in [6, 6.07) is 10.3. The molecule has 0 saturated carbocycles. The lowest BCUT2D eigenvalue weighted by molar-refractivity contribution is -0.137. The molecule has 0 amide bonds. The van der Waals surface area contributed by atoms with E-state index in [1.54, 1.807) is 0 Å². The van der Waals surface area contributed by atoms with E-state index in [1.807, 2.05) is 35.8 Å². The van der Waals surface area contributed by atoms with E-state index >= 15 is 0 Å². The van der Waals surface area contributed by atoms with Gasteiger partial charge in [-0.3, -0.25) is 4.79 Å². The van der Waals surface area contributed by atoms with Crippen molar-refractivity contribution >= 4 is 26.7 Å². The Morgan fingerprint density at radius 3 is 2.55 bits per heavy atom. The Morgan fingerprint density at radius 1 is 1.24 bits per heavy atom. The molecule has 1 aliphatic carbocycles. The van der Waals surface area contributed by atoms with Gasteiger partial charge in [0.1, 0.15) is 5.82 Å². The van der Waals surface area contributed by atoms with Crippen molar-refractivity contribution in [2.75, 3.05) is 6.26 Å². The van der Waals surface area contributed by atoms with E-state index in [0.717, 1.165) is 34.7 Å². The Morgan fingerprint density at radius 2 is 1.93 bits per heavy atom. The topological polar surface area (TPSA) is 76.4 Å². The second kappa shape index (κ2) is 6.99. The van der Waals surface area contributed by atoms with Crippen molar-refractivity contribution in [1.29, 1.82) is 0 Å². The molecular weight excluding hydrogens is 393 g/mol. The second-order valence-electron chi connectivity index (χ2n) is 7.84. The SMILES string of the molecule is Cc1ccc(Cn2c3c(c4cc(F)cc(S(C)(=O)=O)c42)CC[C@@H]3CC(=O)O)cc1. The number of fused-ring (bicyclic) bond motifs is 3. The molecule has 0 saturated heterocycles. The molecule has 1 aliphatic rings. The van der Waals surface area contributed by atoms with Crippen LogP contribution in [0.1, 0.15) is 41.1 Å². The molecule has 5 nitrogen and oxygen atoms in total. The van der Waals surface area contributed by atoms with Gasteiger partial charge >= 0.3 is 5.97 Å². The monoisotopic (exact) mass is 415 g/mol. The number of benzene rings is 2. The summed E-state index contributed by atoms with van der Waals surface area (Å²) in [6.07, 6.45) is 2.31. The highest BCUT2D eigenvalue weighted by molar-refractivity contribution is 7.91. The van der Waals surface area contributed by atoms with E-state index in [1.165, 1.54) is 6.07 Å². The van der Waals surface area contributed by atoms with Gasteiger partial charge in [0.15, 0.2) is 9.84 Å². The molecule has 0 radical (unpaired) electrons. The van der Waals surface area contributed by atoms with Crippen molar-refractivity contribution in [2.24, 2.45) is 0 Å². The molecule has 1 heterocycles. The molecule has 0 bridgehead atoms. The van der Waals surface area contributed by atoms with E-state index in [-0.39, 0.29) is 17.2 Å². The largest absolute Gasteiger partial charge is 0.481 e. The van der Waals surface area contributed by atoms with Crippen LogP contribution in [0, 0.1) is 12.7 Å². The van der Waals surface area contributed by atoms with Crippen molar-refractivity contribution in [3.05, 3.63) is 64.6 Å². The molecule has 4 rings (SSSR count). The second-order valence-corrected chi connectivity index (χ2v) is 9.83. The van der Waals surface area contributed by atoms with E-state index in [2.05, 4.69) is 0 Å². The average molecular weight is 415 g/mol. The summed E-state index contributed by atoms with van der Waals surface area (Å²) in [7, 11) is -3.68. The molecule has 1 atom stereocenters. The van der Waals surface area contributed by atoms with Crippen LogP contribution in [0.5, 0.6) is 0 Å². The lowest BCUT2D eigenvalue weighted by atomic mass is 10.0. The van der Waals surface area contributed by atoms with Gasteiger partial charge in [-0.1, -0.05) is 29.8 Å². The highest BCUT2D eigenvalue weighted by atomic mass is 32.2. The number of sulfone groups is 1. The number of rotatable bonds is 5. The van der Waals surface area contributed by atoms with Crippen LogP contribution in [0.4, 0.5) is 4.39 Å². The van der Waals surface area contributed by atoms with Crippen LogP contribution in [0.15, 0.2) is 41.3 Å². The summed E-state index contributed by atoms with van der Waals surface area (Å²) in [5.41, 5.74) is 4.23. The van der Waals surface area contributed by atoms with Crippen LogP contribution in [0.25, 0.3) is 10.9 Å². The van der Waals surface area contributed by atoms with Crippen molar-refractivity contribution in [3.8, 4) is 0 Å². The molecule has 0 aliphatic heterocycles. The normalized spacial score (nSPS) is 16.3. The van der Waals surface area contributed by atoms with Crippen LogP contribution in [0.3, 0.4) is 0 Å². The van der Waals surface area contributed by atoms with Crippen LogP contribution in [-0.2, 0) is 27.6 Å². The molecular formula is C22H22FNO4S. The molecule has 152 valence electrons. The summed E-state index contributed by atoms with van der Waals surface area (Å²) in [5, 5.41) is 9.92. The predicted octanol–water partition coefficient (Wildman–Crippen LogP) is 4.05. The Kier molecular flexibility index (Phi) is 4.73. The maximum atomic E-state index is 14.3. The molecule has 0 unspecified atom stereocenters. The fraction of sp³-hybridized carbons (Fsp3) is 0.318. The quantitative estimate of drug-likeness (QED) is 0.682. The third-order valence-corrected chi connectivity index (χ3v) is 6.76. The molecule has 29 heavy (non-hydrogen) atoms. The number of aryl methyl sites for hydroxylation is 2. The maximum absolute atomic E-state index is 14.3.